The molecule has 0 aromatic heterocycles. The minimum Gasteiger partial charge on any atom is -0.496 e. The Bertz CT molecular complexity index is 3040. The molecule has 0 aliphatic carbocycles. The second kappa shape index (κ2) is 38.7. The van der Waals surface area contributed by atoms with E-state index in [-0.39, 0.29) is 121 Å². The number of ketones is 5. The highest BCUT2D eigenvalue weighted by Crippen LogP contribution is 2.27. The van der Waals surface area contributed by atoms with Crippen LogP contribution >= 0.6 is 0 Å². The molecule has 4 aromatic carbocycles. The largest absolute Gasteiger partial charge is 0.496 e. The molecule has 0 spiro atoms. The van der Waals surface area contributed by atoms with E-state index in [0.717, 1.165) is 0 Å². The molecular formula is C65H91N9O14. The smallest absolute Gasteiger partial charge is 0.255 e. The molecule has 5 amide bonds. The Kier molecular flexibility index (Phi) is 32.5. The van der Waals surface area contributed by atoms with Crippen molar-refractivity contribution in [1.82, 2.24) is 21.3 Å². The van der Waals surface area contributed by atoms with E-state index in [9.17, 15) is 47.9 Å². The van der Waals surface area contributed by atoms with Crippen LogP contribution in [0, 0.1) is 0 Å². The van der Waals surface area contributed by atoms with Gasteiger partial charge in [0, 0.05) is 25.7 Å². The minimum absolute atomic E-state index is 0. The van der Waals surface area contributed by atoms with Crippen molar-refractivity contribution in [3.05, 3.63) is 117 Å². The lowest BCUT2D eigenvalue weighted by atomic mass is 9.95. The maximum Gasteiger partial charge on any atom is 0.255 e. The molecule has 0 heterocycles. The fourth-order valence-corrected chi connectivity index (χ4v) is 9.89. The van der Waals surface area contributed by atoms with Gasteiger partial charge < -0.3 is 68.9 Å². The molecular weight excluding hydrogens is 1130 g/mol. The number of unbranched alkanes of at least 4 members (excludes halogenated alkanes) is 4. The van der Waals surface area contributed by atoms with Gasteiger partial charge in [0.05, 0.1) is 81.3 Å². The van der Waals surface area contributed by atoms with Gasteiger partial charge in [-0.15, -0.1) is 0 Å². The van der Waals surface area contributed by atoms with Crippen LogP contribution in [0.2, 0.25) is 0 Å². The quantitative estimate of drug-likeness (QED) is 0.0221. The van der Waals surface area contributed by atoms with Gasteiger partial charge in [0.15, 0.2) is 23.1 Å². The molecule has 0 radical (unpaired) electrons. The van der Waals surface area contributed by atoms with Crippen molar-refractivity contribution in [1.29, 1.82) is 0 Å². The summed E-state index contributed by atoms with van der Waals surface area (Å²) in [6, 6.07) is 14.6. The number of primary amides is 1. The third kappa shape index (κ3) is 23.4. The predicted octanol–water partition coefficient (Wildman–Crippen LogP) is 4.28. The fraction of sp³-hybridized carbons (Fsp3) is 0.477. The van der Waals surface area contributed by atoms with Gasteiger partial charge in [0.25, 0.3) is 23.6 Å². The first-order valence-electron chi connectivity index (χ1n) is 29.3. The molecule has 480 valence electrons. The van der Waals surface area contributed by atoms with E-state index < -0.39 is 65.3 Å². The van der Waals surface area contributed by atoms with Gasteiger partial charge in [-0.3, -0.25) is 47.9 Å². The summed E-state index contributed by atoms with van der Waals surface area (Å²) in [7, 11) is 5.52. The lowest BCUT2D eigenvalue weighted by Gasteiger charge is -2.21. The first kappa shape index (κ1) is 73.9. The number of Topliss-reactive ketones (excluding diaryl/α,β-unsaturated/α-hetero) is 5. The Balaban J connectivity index is 0.0000202. The molecule has 0 aliphatic heterocycles. The van der Waals surface area contributed by atoms with Crippen LogP contribution in [-0.4, -0.2) is 137 Å². The summed E-state index contributed by atoms with van der Waals surface area (Å²) in [5.41, 5.74) is 30.6. The number of ether oxygens (including phenoxy) is 4. The monoisotopic (exact) mass is 1220 g/mol. The zero-order chi connectivity index (χ0) is 64.0. The number of methoxy groups -OCH3 is 4. The van der Waals surface area contributed by atoms with Crippen molar-refractivity contribution in [3.63, 3.8) is 0 Å². The van der Waals surface area contributed by atoms with E-state index in [4.69, 9.17) is 47.6 Å². The third-order valence-corrected chi connectivity index (χ3v) is 14.6. The molecule has 0 bridgehead atoms. The highest BCUT2D eigenvalue weighted by atomic mass is 16.5. The zero-order valence-corrected chi connectivity index (χ0v) is 50.7. The van der Waals surface area contributed by atoms with Crippen molar-refractivity contribution in [2.45, 2.75) is 148 Å². The van der Waals surface area contributed by atoms with Crippen LogP contribution in [0.15, 0.2) is 72.8 Å². The molecule has 0 saturated carbocycles. The molecule has 4 atom stereocenters. The molecule has 4 rings (SSSR count). The molecule has 0 aliphatic rings. The zero-order valence-electron chi connectivity index (χ0n) is 50.7. The second-order valence-corrected chi connectivity index (χ2v) is 21.3. The van der Waals surface area contributed by atoms with Crippen LogP contribution in [0.4, 0.5) is 0 Å². The Morgan fingerprint density at radius 3 is 0.875 bits per heavy atom. The number of nitrogens with two attached hydrogens (primary N) is 5. The van der Waals surface area contributed by atoms with Gasteiger partial charge in [-0.05, 0) is 181 Å². The molecule has 23 nitrogen and oxygen atoms in total. The lowest BCUT2D eigenvalue weighted by molar-refractivity contribution is -0.131. The number of benzene rings is 4. The Morgan fingerprint density at radius 2 is 0.636 bits per heavy atom. The van der Waals surface area contributed by atoms with Crippen LogP contribution in [-0.2, 0) is 54.5 Å². The summed E-state index contributed by atoms with van der Waals surface area (Å²) in [5, 5.41) is 11.2. The van der Waals surface area contributed by atoms with Crippen LogP contribution in [0.5, 0.6) is 23.0 Å². The Labute approximate surface area is 516 Å². The minimum atomic E-state index is -1.05. The summed E-state index contributed by atoms with van der Waals surface area (Å²) in [5.74, 6) is -4.36. The Morgan fingerprint density at radius 1 is 0.386 bits per heavy atom. The lowest BCUT2D eigenvalue weighted by Crippen LogP contribution is -2.42. The number of nitrogens with one attached hydrogen (secondary N) is 4. The first-order valence-corrected chi connectivity index (χ1v) is 29.3. The van der Waals surface area contributed by atoms with Crippen molar-refractivity contribution >= 4 is 58.5 Å². The normalized spacial score (nSPS) is 12.2. The number of rotatable bonds is 42. The van der Waals surface area contributed by atoms with E-state index in [1.165, 1.54) is 83.9 Å². The van der Waals surface area contributed by atoms with Gasteiger partial charge >= 0.3 is 0 Å². The molecule has 14 N–H and O–H groups in total. The summed E-state index contributed by atoms with van der Waals surface area (Å²) in [6.07, 6.45) is 4.16. The summed E-state index contributed by atoms with van der Waals surface area (Å²) in [6.45, 7) is 2.71. The van der Waals surface area contributed by atoms with Crippen LogP contribution in [0.25, 0.3) is 0 Å². The number of hydrogen-bond donors (Lipinski definition) is 9. The fourth-order valence-electron chi connectivity index (χ4n) is 9.89. The predicted molar refractivity (Wildman–Crippen MR) is 335 cm³/mol. The SMILES string of the molecule is C.COc1ccc(CC(=O)[C@H](CCCCN)NC(=O)c2cc(CC(=O)[C@H](CCCCN)NC(=O)c3cc(CC(=O)[C@H](CCCCN)NC(=O)c4cc(CC(=O)[C@H](CCCCN)NC(=O)CC(C)=O)ccc4OC)ccc3OC)ccc2OC)cc1C(N)=O. The summed E-state index contributed by atoms with van der Waals surface area (Å²) < 4.78 is 21.9. The topological polar surface area (TPSA) is 386 Å². The van der Waals surface area contributed by atoms with Crippen LogP contribution < -0.4 is 68.9 Å². The standard InChI is InChI=1S/C64H87N9O14.CH4/c1-39(74)30-60(79)70-48(14-6-10-26-65)52(75)36-41-19-23-57(85-3)45(32-41)62(81)72-50(16-8-12-28-67)54(77)38-43-21-25-59(87-5)47(34-43)64(83)73-51(17-9-13-29-68)55(78)37-42-20-24-58(86-4)46(33-42)63(82)71-49(15-7-11-27-66)53(76)35-40-18-22-56(84-2)44(31-40)61(69)80;/h18-25,31-34,48-51H,6-17,26-30,35-38,65-68H2,1-5H3,(H2,69,80)(H,70,79)(H,71,82)(H,72,81)(H,73,83);1H4/t48-,49-,50-,51-;/m0./s1. The highest BCUT2D eigenvalue weighted by Gasteiger charge is 2.29. The molecule has 0 saturated heterocycles. The molecule has 0 fully saturated rings. The van der Waals surface area contributed by atoms with E-state index in [0.29, 0.717) is 106 Å². The highest BCUT2D eigenvalue weighted by molar-refractivity contribution is 6.04. The number of carbonyl (C=O) groups is 10. The average molecular weight is 1220 g/mol. The van der Waals surface area contributed by atoms with Crippen LogP contribution in [0.1, 0.15) is 162 Å². The molecule has 88 heavy (non-hydrogen) atoms. The molecule has 23 heteroatoms. The van der Waals surface area contributed by atoms with Crippen molar-refractivity contribution in [2.24, 2.45) is 28.7 Å². The number of hydrogen-bond acceptors (Lipinski definition) is 18. The first-order chi connectivity index (χ1) is 41.7. The van der Waals surface area contributed by atoms with Crippen molar-refractivity contribution < 1.29 is 66.9 Å². The summed E-state index contributed by atoms with van der Waals surface area (Å²) >= 11 is 0. The van der Waals surface area contributed by atoms with E-state index >= 15 is 0 Å². The van der Waals surface area contributed by atoms with E-state index in [2.05, 4.69) is 21.3 Å². The van der Waals surface area contributed by atoms with Gasteiger partial charge in [-0.2, -0.15) is 0 Å². The molecule has 4 aromatic rings. The maximum absolute atomic E-state index is 14.4. The number of amides is 5. The van der Waals surface area contributed by atoms with Crippen molar-refractivity contribution in [3.8, 4) is 23.0 Å². The third-order valence-electron chi connectivity index (χ3n) is 14.6. The van der Waals surface area contributed by atoms with E-state index in [1.54, 1.807) is 24.3 Å². The maximum atomic E-state index is 14.4. The molecule has 0 unspecified atom stereocenters. The van der Waals surface area contributed by atoms with Gasteiger partial charge in [0.1, 0.15) is 28.8 Å². The van der Waals surface area contributed by atoms with Gasteiger partial charge in [-0.1, -0.05) is 31.7 Å². The average Bonchev–Trinajstić information content (AvgIpc) is 3.70. The van der Waals surface area contributed by atoms with Crippen LogP contribution in [0.3, 0.4) is 0 Å². The van der Waals surface area contributed by atoms with Crippen molar-refractivity contribution in [2.75, 3.05) is 54.6 Å². The van der Waals surface area contributed by atoms with Gasteiger partial charge in [0.2, 0.25) is 5.91 Å². The summed E-state index contributed by atoms with van der Waals surface area (Å²) in [4.78, 5) is 135. The van der Waals surface area contributed by atoms with E-state index in [1.807, 2.05) is 0 Å². The Hall–Kier alpha value is -8.38. The second-order valence-electron chi connectivity index (χ2n) is 21.3. The van der Waals surface area contributed by atoms with Gasteiger partial charge in [-0.25, -0.2) is 0 Å². The number of carbonyl (C=O) groups excluding carboxylic acids is 10.